The molecule has 4 heteroatoms. The van der Waals surface area contributed by atoms with E-state index in [0.717, 1.165) is 4.47 Å². The molecule has 2 aromatic rings. The molecule has 0 saturated heterocycles. The second-order valence-electron chi connectivity index (χ2n) is 4.26. The van der Waals surface area contributed by atoms with Crippen molar-refractivity contribution in [2.75, 3.05) is 5.32 Å². The predicted octanol–water partition coefficient (Wildman–Crippen LogP) is 4.71. The summed E-state index contributed by atoms with van der Waals surface area (Å²) in [4.78, 5) is 11.9. The molecule has 0 spiro atoms. The summed E-state index contributed by atoms with van der Waals surface area (Å²) in [6.45, 7) is 1.68. The fraction of sp³-hybridized carbons (Fsp3) is 0.0625. The summed E-state index contributed by atoms with van der Waals surface area (Å²) in [5.41, 5.74) is 1.76. The maximum atomic E-state index is 13.3. The number of hydrogen-bond acceptors (Lipinski definition) is 2. The zero-order valence-electron chi connectivity index (χ0n) is 10.9. The molecule has 102 valence electrons. The van der Waals surface area contributed by atoms with Gasteiger partial charge in [-0.15, -0.1) is 0 Å². The van der Waals surface area contributed by atoms with E-state index in [-0.39, 0.29) is 11.6 Å². The standard InChI is InChI=1S/C16H13BrFNO/c1-11-14(18)3-2-4-15(11)19-10-9-16(20)12-5-7-13(17)8-6-12/h2-10,19H,1H3/b10-9+. The zero-order valence-corrected chi connectivity index (χ0v) is 12.4. The summed E-state index contributed by atoms with van der Waals surface area (Å²) < 4.78 is 14.3. The van der Waals surface area contributed by atoms with Gasteiger partial charge in [-0.05, 0) is 43.3 Å². The number of carbonyl (C=O) groups excluding carboxylic acids is 1. The summed E-state index contributed by atoms with van der Waals surface area (Å²) in [6, 6.07) is 11.9. The minimum Gasteiger partial charge on any atom is -0.361 e. The van der Waals surface area contributed by atoms with Crippen molar-refractivity contribution in [3.05, 3.63) is 76.2 Å². The van der Waals surface area contributed by atoms with Gasteiger partial charge in [0.05, 0.1) is 0 Å². The Hall–Kier alpha value is -1.94. The molecule has 2 rings (SSSR count). The molecule has 0 heterocycles. The van der Waals surface area contributed by atoms with E-state index in [9.17, 15) is 9.18 Å². The van der Waals surface area contributed by atoms with E-state index in [4.69, 9.17) is 0 Å². The van der Waals surface area contributed by atoms with Crippen LogP contribution in [-0.4, -0.2) is 5.78 Å². The molecule has 0 aromatic heterocycles. The summed E-state index contributed by atoms with van der Waals surface area (Å²) in [5.74, 6) is -0.387. The van der Waals surface area contributed by atoms with Crippen LogP contribution in [0.4, 0.5) is 10.1 Å². The lowest BCUT2D eigenvalue weighted by Crippen LogP contribution is -1.97. The summed E-state index contributed by atoms with van der Waals surface area (Å²) in [6.07, 6.45) is 2.94. The number of anilines is 1. The van der Waals surface area contributed by atoms with Crippen molar-refractivity contribution in [3.63, 3.8) is 0 Å². The molecule has 0 amide bonds. The average Bonchev–Trinajstić information content (AvgIpc) is 2.44. The molecule has 2 nitrogen and oxygen atoms in total. The van der Waals surface area contributed by atoms with Crippen LogP contribution in [-0.2, 0) is 0 Å². The Bertz CT molecular complexity index is 650. The van der Waals surface area contributed by atoms with Crippen molar-refractivity contribution in [1.29, 1.82) is 0 Å². The number of hydrogen-bond donors (Lipinski definition) is 1. The van der Waals surface area contributed by atoms with Crippen molar-refractivity contribution in [1.82, 2.24) is 0 Å². The van der Waals surface area contributed by atoms with Crippen LogP contribution in [0.1, 0.15) is 15.9 Å². The first-order valence-corrected chi connectivity index (χ1v) is 6.85. The van der Waals surface area contributed by atoms with Crippen LogP contribution in [0, 0.1) is 12.7 Å². The van der Waals surface area contributed by atoms with Crippen molar-refractivity contribution in [3.8, 4) is 0 Å². The molecule has 0 bridgehead atoms. The maximum absolute atomic E-state index is 13.3. The highest BCUT2D eigenvalue weighted by atomic mass is 79.9. The largest absolute Gasteiger partial charge is 0.361 e. The Balaban J connectivity index is 2.05. The number of ketones is 1. The Kier molecular flexibility index (Phi) is 4.69. The highest BCUT2D eigenvalue weighted by Crippen LogP contribution is 2.17. The van der Waals surface area contributed by atoms with Crippen LogP contribution in [0.2, 0.25) is 0 Å². The number of benzene rings is 2. The van der Waals surface area contributed by atoms with E-state index in [2.05, 4.69) is 21.2 Å². The van der Waals surface area contributed by atoms with Crippen LogP contribution in [0.15, 0.2) is 59.2 Å². The number of allylic oxidation sites excluding steroid dienone is 1. The molecular weight excluding hydrogens is 321 g/mol. The first kappa shape index (κ1) is 14.5. The molecule has 0 aliphatic rings. The van der Waals surface area contributed by atoms with E-state index in [1.165, 1.54) is 18.3 Å². The van der Waals surface area contributed by atoms with E-state index in [0.29, 0.717) is 16.8 Å². The minimum atomic E-state index is -0.275. The fourth-order valence-corrected chi connectivity index (χ4v) is 1.95. The third-order valence-corrected chi connectivity index (χ3v) is 3.40. The molecule has 0 radical (unpaired) electrons. The van der Waals surface area contributed by atoms with E-state index < -0.39 is 0 Å². The van der Waals surface area contributed by atoms with Crippen molar-refractivity contribution in [2.45, 2.75) is 6.92 Å². The monoisotopic (exact) mass is 333 g/mol. The Morgan fingerprint density at radius 3 is 2.60 bits per heavy atom. The fourth-order valence-electron chi connectivity index (χ4n) is 1.68. The highest BCUT2D eigenvalue weighted by Gasteiger charge is 2.02. The van der Waals surface area contributed by atoms with Crippen molar-refractivity contribution in [2.24, 2.45) is 0 Å². The molecule has 0 aliphatic heterocycles. The second-order valence-corrected chi connectivity index (χ2v) is 5.18. The molecule has 0 fully saturated rings. The van der Waals surface area contributed by atoms with Gasteiger partial charge < -0.3 is 5.32 Å². The Morgan fingerprint density at radius 2 is 1.90 bits per heavy atom. The first-order chi connectivity index (χ1) is 9.58. The van der Waals surface area contributed by atoms with Gasteiger partial charge in [0.25, 0.3) is 0 Å². The number of halogens is 2. The van der Waals surface area contributed by atoms with E-state index in [1.54, 1.807) is 31.2 Å². The van der Waals surface area contributed by atoms with Gasteiger partial charge >= 0.3 is 0 Å². The van der Waals surface area contributed by atoms with Crippen LogP contribution < -0.4 is 5.32 Å². The molecule has 20 heavy (non-hydrogen) atoms. The molecule has 0 atom stereocenters. The van der Waals surface area contributed by atoms with E-state index in [1.807, 2.05) is 12.1 Å². The van der Waals surface area contributed by atoms with Gasteiger partial charge in [0.1, 0.15) is 5.82 Å². The van der Waals surface area contributed by atoms with Crippen LogP contribution >= 0.6 is 15.9 Å². The topological polar surface area (TPSA) is 29.1 Å². The number of carbonyl (C=O) groups is 1. The summed E-state index contributed by atoms with van der Waals surface area (Å²) in [7, 11) is 0. The van der Waals surface area contributed by atoms with Gasteiger partial charge in [-0.25, -0.2) is 4.39 Å². The molecule has 0 saturated carbocycles. The average molecular weight is 334 g/mol. The molecular formula is C16H13BrFNO. The normalized spacial score (nSPS) is 10.8. The number of nitrogens with one attached hydrogen (secondary N) is 1. The smallest absolute Gasteiger partial charge is 0.187 e. The molecule has 0 aliphatic carbocycles. The number of rotatable bonds is 4. The third-order valence-electron chi connectivity index (χ3n) is 2.87. The van der Waals surface area contributed by atoms with Crippen molar-refractivity contribution < 1.29 is 9.18 Å². The lowest BCUT2D eigenvalue weighted by molar-refractivity contribution is 0.104. The van der Waals surface area contributed by atoms with Crippen LogP contribution in [0.3, 0.4) is 0 Å². The zero-order chi connectivity index (χ0) is 14.5. The quantitative estimate of drug-likeness (QED) is 0.648. The summed E-state index contributed by atoms with van der Waals surface area (Å²) in [5, 5.41) is 2.92. The minimum absolute atomic E-state index is 0.112. The third kappa shape index (κ3) is 3.54. The van der Waals surface area contributed by atoms with E-state index >= 15 is 0 Å². The van der Waals surface area contributed by atoms with Gasteiger partial charge in [0.15, 0.2) is 5.78 Å². The maximum Gasteiger partial charge on any atom is 0.187 e. The lowest BCUT2D eigenvalue weighted by Gasteiger charge is -2.05. The lowest BCUT2D eigenvalue weighted by atomic mass is 10.1. The van der Waals surface area contributed by atoms with Crippen molar-refractivity contribution >= 4 is 27.4 Å². The SMILES string of the molecule is Cc1c(F)cccc1N/C=C/C(=O)c1ccc(Br)cc1. The molecule has 0 unspecified atom stereocenters. The van der Waals surface area contributed by atoms with Gasteiger partial charge in [0.2, 0.25) is 0 Å². The van der Waals surface area contributed by atoms with Gasteiger partial charge in [-0.3, -0.25) is 4.79 Å². The molecule has 2 aromatic carbocycles. The Morgan fingerprint density at radius 1 is 1.20 bits per heavy atom. The highest BCUT2D eigenvalue weighted by molar-refractivity contribution is 9.10. The summed E-state index contributed by atoms with van der Waals surface area (Å²) >= 11 is 3.32. The van der Waals surface area contributed by atoms with Crippen LogP contribution in [0.5, 0.6) is 0 Å². The van der Waals surface area contributed by atoms with Gasteiger partial charge in [-0.1, -0.05) is 22.0 Å². The molecule has 1 N–H and O–H groups in total. The van der Waals surface area contributed by atoms with Crippen LogP contribution in [0.25, 0.3) is 0 Å². The second kappa shape index (κ2) is 6.48. The van der Waals surface area contributed by atoms with Gasteiger partial charge in [-0.2, -0.15) is 0 Å². The first-order valence-electron chi connectivity index (χ1n) is 6.06. The predicted molar refractivity (Wildman–Crippen MR) is 82.4 cm³/mol. The Labute approximate surface area is 125 Å². The van der Waals surface area contributed by atoms with Gasteiger partial charge in [0, 0.05) is 33.6 Å².